The van der Waals surface area contributed by atoms with Crippen molar-refractivity contribution in [2.75, 3.05) is 12.4 Å². The molecule has 0 fully saturated rings. The largest absolute Gasteiger partial charge is 0.493 e. The molecule has 1 aliphatic rings. The van der Waals surface area contributed by atoms with E-state index < -0.39 is 0 Å². The van der Waals surface area contributed by atoms with E-state index in [1.165, 1.54) is 11.8 Å². The SMILES string of the molecule is O=C(CSc1nnc(-c2ccc(Cl)cc2)n1Cc1ccco1)NC1CCOc2ccccc21. The van der Waals surface area contributed by atoms with Crippen LogP contribution < -0.4 is 10.1 Å². The minimum atomic E-state index is -0.0673. The topological polar surface area (TPSA) is 82.2 Å². The Morgan fingerprint density at radius 1 is 1.12 bits per heavy atom. The van der Waals surface area contributed by atoms with Crippen LogP contribution in [-0.4, -0.2) is 33.0 Å². The minimum absolute atomic E-state index is 0.0614. The second-order valence-corrected chi connectivity index (χ2v) is 8.94. The molecular weight excluding hydrogens is 460 g/mol. The van der Waals surface area contributed by atoms with Crippen LogP contribution in [-0.2, 0) is 11.3 Å². The Balaban J connectivity index is 1.32. The average molecular weight is 481 g/mol. The van der Waals surface area contributed by atoms with Crippen molar-refractivity contribution < 1.29 is 13.9 Å². The number of hydrogen-bond donors (Lipinski definition) is 1. The van der Waals surface area contributed by atoms with Gasteiger partial charge in [-0.2, -0.15) is 0 Å². The molecule has 1 amide bonds. The lowest BCUT2D eigenvalue weighted by atomic mass is 10.0. The molecule has 33 heavy (non-hydrogen) atoms. The number of fused-ring (bicyclic) bond motifs is 1. The summed E-state index contributed by atoms with van der Waals surface area (Å²) in [6, 6.07) is 18.9. The molecule has 2 aromatic heterocycles. The van der Waals surface area contributed by atoms with Crippen molar-refractivity contribution in [3.8, 4) is 17.1 Å². The predicted molar refractivity (Wildman–Crippen MR) is 126 cm³/mol. The second-order valence-electron chi connectivity index (χ2n) is 7.56. The molecule has 2 aromatic carbocycles. The summed E-state index contributed by atoms with van der Waals surface area (Å²) in [6.07, 6.45) is 2.37. The zero-order chi connectivity index (χ0) is 22.6. The summed E-state index contributed by atoms with van der Waals surface area (Å²) in [5, 5.41) is 13.1. The van der Waals surface area contributed by atoms with E-state index in [4.69, 9.17) is 20.8 Å². The van der Waals surface area contributed by atoms with Gasteiger partial charge in [0.1, 0.15) is 11.5 Å². The highest BCUT2D eigenvalue weighted by Crippen LogP contribution is 2.32. The average Bonchev–Trinajstić information content (AvgIpc) is 3.49. The summed E-state index contributed by atoms with van der Waals surface area (Å²) in [5.74, 6) is 2.44. The number of furan rings is 1. The van der Waals surface area contributed by atoms with Crippen molar-refractivity contribution in [1.82, 2.24) is 20.1 Å². The van der Waals surface area contributed by atoms with E-state index in [9.17, 15) is 4.79 Å². The highest BCUT2D eigenvalue weighted by atomic mass is 35.5. The molecule has 0 bridgehead atoms. The molecule has 7 nitrogen and oxygen atoms in total. The maximum atomic E-state index is 12.8. The Kier molecular flexibility index (Phi) is 6.37. The van der Waals surface area contributed by atoms with Crippen molar-refractivity contribution in [3.63, 3.8) is 0 Å². The third-order valence-corrected chi connectivity index (χ3v) is 6.56. The summed E-state index contributed by atoms with van der Waals surface area (Å²) in [7, 11) is 0. The fraction of sp³-hybridized carbons (Fsp3) is 0.208. The van der Waals surface area contributed by atoms with Gasteiger partial charge in [0.05, 0.1) is 31.2 Å². The smallest absolute Gasteiger partial charge is 0.230 e. The molecule has 0 aliphatic carbocycles. The molecule has 9 heteroatoms. The van der Waals surface area contributed by atoms with Crippen LogP contribution >= 0.6 is 23.4 Å². The molecule has 1 aliphatic heterocycles. The zero-order valence-corrected chi connectivity index (χ0v) is 19.2. The lowest BCUT2D eigenvalue weighted by Gasteiger charge is -2.26. The van der Waals surface area contributed by atoms with Crippen LogP contribution in [0.2, 0.25) is 5.02 Å². The van der Waals surface area contributed by atoms with Crippen LogP contribution in [0.5, 0.6) is 5.75 Å². The fourth-order valence-electron chi connectivity index (χ4n) is 3.77. The van der Waals surface area contributed by atoms with Crippen molar-refractivity contribution in [2.45, 2.75) is 24.2 Å². The number of halogens is 1. The van der Waals surface area contributed by atoms with Crippen LogP contribution in [0.4, 0.5) is 0 Å². The number of para-hydroxylation sites is 1. The van der Waals surface area contributed by atoms with E-state index in [2.05, 4.69) is 15.5 Å². The number of hydrogen-bond acceptors (Lipinski definition) is 6. The first kappa shape index (κ1) is 21.6. The molecule has 3 heterocycles. The lowest BCUT2D eigenvalue weighted by molar-refractivity contribution is -0.119. The zero-order valence-electron chi connectivity index (χ0n) is 17.6. The van der Waals surface area contributed by atoms with Crippen LogP contribution in [0.3, 0.4) is 0 Å². The quantitative estimate of drug-likeness (QED) is 0.376. The van der Waals surface area contributed by atoms with E-state index >= 15 is 0 Å². The van der Waals surface area contributed by atoms with Gasteiger partial charge >= 0.3 is 0 Å². The number of thioether (sulfide) groups is 1. The molecule has 5 rings (SSSR count). The van der Waals surface area contributed by atoms with Crippen molar-refractivity contribution in [1.29, 1.82) is 0 Å². The molecule has 1 unspecified atom stereocenters. The number of nitrogens with zero attached hydrogens (tertiary/aromatic N) is 3. The number of carbonyl (C=O) groups is 1. The van der Waals surface area contributed by atoms with Gasteiger partial charge in [0.15, 0.2) is 11.0 Å². The van der Waals surface area contributed by atoms with E-state index in [1.54, 1.807) is 6.26 Å². The standard InChI is InChI=1S/C24H21ClN4O3S/c25-17-9-7-16(8-10-17)23-27-28-24(29(23)14-18-4-3-12-31-18)33-15-22(30)26-20-11-13-32-21-6-2-1-5-19(20)21/h1-10,12,20H,11,13-15H2,(H,26,30). The third kappa shape index (κ3) is 4.91. The normalized spacial score (nSPS) is 15.0. The van der Waals surface area contributed by atoms with E-state index in [-0.39, 0.29) is 17.7 Å². The monoisotopic (exact) mass is 480 g/mol. The highest BCUT2D eigenvalue weighted by Gasteiger charge is 2.23. The van der Waals surface area contributed by atoms with Gasteiger partial charge in [-0.05, 0) is 42.5 Å². The van der Waals surface area contributed by atoms with Crippen molar-refractivity contribution >= 4 is 29.3 Å². The maximum absolute atomic E-state index is 12.8. The summed E-state index contributed by atoms with van der Waals surface area (Å²) < 4.78 is 13.2. The Hall–Kier alpha value is -3.23. The summed E-state index contributed by atoms with van der Waals surface area (Å²) >= 11 is 7.39. The van der Waals surface area contributed by atoms with E-state index in [0.29, 0.717) is 29.2 Å². The van der Waals surface area contributed by atoms with Crippen LogP contribution in [0, 0.1) is 0 Å². The molecule has 1 N–H and O–H groups in total. The lowest BCUT2D eigenvalue weighted by Crippen LogP contribution is -2.33. The fourth-order valence-corrected chi connectivity index (χ4v) is 4.64. The Morgan fingerprint density at radius 2 is 1.97 bits per heavy atom. The first-order chi connectivity index (χ1) is 16.2. The van der Waals surface area contributed by atoms with Crippen LogP contribution in [0.15, 0.2) is 76.5 Å². The first-order valence-corrected chi connectivity index (χ1v) is 11.9. The van der Waals surface area contributed by atoms with Gasteiger partial charge < -0.3 is 14.5 Å². The van der Waals surface area contributed by atoms with Gasteiger partial charge in [0.2, 0.25) is 5.91 Å². The number of rotatable bonds is 7. The summed E-state index contributed by atoms with van der Waals surface area (Å²) in [6.45, 7) is 1.03. The minimum Gasteiger partial charge on any atom is -0.493 e. The molecule has 4 aromatic rings. The molecule has 0 saturated heterocycles. The van der Waals surface area contributed by atoms with Gasteiger partial charge in [-0.15, -0.1) is 10.2 Å². The maximum Gasteiger partial charge on any atom is 0.230 e. The molecule has 0 saturated carbocycles. The number of benzene rings is 2. The predicted octanol–water partition coefficient (Wildman–Crippen LogP) is 4.97. The van der Waals surface area contributed by atoms with Crippen LogP contribution in [0.1, 0.15) is 23.8 Å². The second kappa shape index (κ2) is 9.72. The van der Waals surface area contributed by atoms with Gasteiger partial charge in [-0.25, -0.2) is 0 Å². The van der Waals surface area contributed by atoms with Gasteiger partial charge in [0.25, 0.3) is 0 Å². The van der Waals surface area contributed by atoms with Crippen LogP contribution in [0.25, 0.3) is 11.4 Å². The molecule has 0 spiro atoms. The van der Waals surface area contributed by atoms with Gasteiger partial charge in [-0.1, -0.05) is 41.6 Å². The molecule has 0 radical (unpaired) electrons. The van der Waals surface area contributed by atoms with Gasteiger partial charge in [0, 0.05) is 22.6 Å². The number of carbonyl (C=O) groups excluding carboxylic acids is 1. The summed E-state index contributed by atoms with van der Waals surface area (Å²) in [5.41, 5.74) is 1.89. The molecule has 168 valence electrons. The number of ether oxygens (including phenoxy) is 1. The Bertz CT molecular complexity index is 1240. The number of nitrogens with one attached hydrogen (secondary N) is 1. The number of aromatic nitrogens is 3. The summed E-state index contributed by atoms with van der Waals surface area (Å²) in [4.78, 5) is 12.8. The number of amides is 1. The van der Waals surface area contributed by atoms with Crippen molar-refractivity contribution in [3.05, 3.63) is 83.3 Å². The van der Waals surface area contributed by atoms with Gasteiger partial charge in [-0.3, -0.25) is 9.36 Å². The van der Waals surface area contributed by atoms with E-state index in [1.807, 2.05) is 65.2 Å². The van der Waals surface area contributed by atoms with E-state index in [0.717, 1.165) is 29.1 Å². The van der Waals surface area contributed by atoms with Crippen molar-refractivity contribution in [2.24, 2.45) is 0 Å². The Morgan fingerprint density at radius 3 is 2.79 bits per heavy atom. The first-order valence-electron chi connectivity index (χ1n) is 10.5. The highest BCUT2D eigenvalue weighted by molar-refractivity contribution is 7.99. The molecule has 1 atom stereocenters. The third-order valence-electron chi connectivity index (χ3n) is 5.34. The Labute approximate surface area is 200 Å². The molecular formula is C24H21ClN4O3S.